The molecule has 2 aromatic carbocycles. The van der Waals surface area contributed by atoms with Crippen LogP contribution in [0.2, 0.25) is 0 Å². The summed E-state index contributed by atoms with van der Waals surface area (Å²) in [6, 6.07) is 13.4. The summed E-state index contributed by atoms with van der Waals surface area (Å²) in [4.78, 5) is 45.1. The van der Waals surface area contributed by atoms with Gasteiger partial charge in [-0.15, -0.1) is 11.3 Å². The number of nitrogens with one attached hydrogen (secondary N) is 1. The van der Waals surface area contributed by atoms with Crippen LogP contribution < -0.4 is 5.32 Å². The van der Waals surface area contributed by atoms with E-state index in [9.17, 15) is 19.5 Å². The maximum absolute atomic E-state index is 13.0. The SMILES string of the molecule is O=C1CCC(N2Cc3cc(C4(O)CCN(Cc5cccc(-c6nccs6)c5)CC4)ccc3C2=O)C(=O)N1. The highest BCUT2D eigenvalue weighted by Gasteiger charge is 2.40. The molecule has 9 heteroatoms. The van der Waals surface area contributed by atoms with E-state index in [1.807, 2.05) is 23.7 Å². The quantitative estimate of drug-likeness (QED) is 0.506. The van der Waals surface area contributed by atoms with Crippen LogP contribution in [0.5, 0.6) is 0 Å². The number of hydrogen-bond acceptors (Lipinski definition) is 7. The predicted octanol–water partition coefficient (Wildman–Crippen LogP) is 3.05. The van der Waals surface area contributed by atoms with Crippen molar-refractivity contribution >= 4 is 29.1 Å². The van der Waals surface area contributed by atoms with Gasteiger partial charge in [-0.05, 0) is 48.1 Å². The first-order valence-corrected chi connectivity index (χ1v) is 13.5. The number of amides is 3. The molecule has 4 heterocycles. The molecule has 3 aliphatic heterocycles. The number of imide groups is 1. The molecule has 190 valence electrons. The van der Waals surface area contributed by atoms with Crippen molar-refractivity contribution < 1.29 is 19.5 Å². The molecule has 2 fully saturated rings. The molecule has 0 bridgehead atoms. The van der Waals surface area contributed by atoms with Crippen LogP contribution in [0.15, 0.2) is 54.0 Å². The second-order valence-corrected chi connectivity index (χ2v) is 11.0. The molecule has 3 aliphatic rings. The third-order valence-electron chi connectivity index (χ3n) is 7.76. The summed E-state index contributed by atoms with van der Waals surface area (Å²) in [6.07, 6.45) is 3.59. The molecule has 2 saturated heterocycles. The van der Waals surface area contributed by atoms with Crippen molar-refractivity contribution in [2.45, 2.75) is 50.4 Å². The van der Waals surface area contributed by atoms with Crippen LogP contribution in [0.1, 0.15) is 52.7 Å². The minimum atomic E-state index is -0.959. The first-order chi connectivity index (χ1) is 17.9. The topological polar surface area (TPSA) is 103 Å². The number of thiazole rings is 1. The molecule has 1 unspecified atom stereocenters. The lowest BCUT2D eigenvalue weighted by Crippen LogP contribution is -2.52. The highest BCUT2D eigenvalue weighted by Crippen LogP contribution is 2.37. The highest BCUT2D eigenvalue weighted by atomic mass is 32.1. The Morgan fingerprint density at radius 3 is 2.70 bits per heavy atom. The standard InChI is InChI=1S/C28H28N4O4S/c33-24-7-6-23(25(34)30-24)32-17-20-15-21(4-5-22(20)27(32)35)28(36)8-11-31(12-9-28)16-18-2-1-3-19(14-18)26-29-10-13-37-26/h1-5,10,13-15,23,36H,6-9,11-12,16-17H2,(H,30,33,34). The predicted molar refractivity (Wildman–Crippen MR) is 138 cm³/mol. The fourth-order valence-electron chi connectivity index (χ4n) is 5.66. The van der Waals surface area contributed by atoms with Crippen molar-refractivity contribution in [2.75, 3.05) is 13.1 Å². The van der Waals surface area contributed by atoms with E-state index in [0.717, 1.165) is 41.3 Å². The van der Waals surface area contributed by atoms with E-state index < -0.39 is 17.6 Å². The molecule has 0 spiro atoms. The van der Waals surface area contributed by atoms with Crippen molar-refractivity contribution in [1.29, 1.82) is 0 Å². The monoisotopic (exact) mass is 516 g/mol. The molecule has 8 nitrogen and oxygen atoms in total. The maximum atomic E-state index is 13.0. The van der Waals surface area contributed by atoms with E-state index in [4.69, 9.17) is 0 Å². The van der Waals surface area contributed by atoms with E-state index in [2.05, 4.69) is 39.5 Å². The molecule has 0 saturated carbocycles. The normalized spacial score (nSPS) is 21.7. The average molecular weight is 517 g/mol. The number of hydrogen-bond donors (Lipinski definition) is 2. The Labute approximate surface area is 218 Å². The highest BCUT2D eigenvalue weighted by molar-refractivity contribution is 7.13. The third-order valence-corrected chi connectivity index (χ3v) is 8.58. The Kier molecular flexibility index (Phi) is 6.14. The van der Waals surface area contributed by atoms with Gasteiger partial charge in [-0.1, -0.05) is 30.3 Å². The van der Waals surface area contributed by atoms with Gasteiger partial charge in [0.05, 0.1) is 5.60 Å². The number of piperidine rings is 2. The van der Waals surface area contributed by atoms with Crippen molar-refractivity contribution in [2.24, 2.45) is 0 Å². The molecule has 3 amide bonds. The molecule has 37 heavy (non-hydrogen) atoms. The van der Waals surface area contributed by atoms with Gasteiger partial charge in [-0.2, -0.15) is 0 Å². The van der Waals surface area contributed by atoms with Gasteiger partial charge >= 0.3 is 0 Å². The van der Waals surface area contributed by atoms with E-state index in [1.54, 1.807) is 22.3 Å². The molecule has 1 atom stereocenters. The van der Waals surface area contributed by atoms with Gasteiger partial charge in [0.25, 0.3) is 5.91 Å². The van der Waals surface area contributed by atoms with Gasteiger partial charge < -0.3 is 10.0 Å². The second-order valence-electron chi connectivity index (χ2n) is 10.1. The minimum absolute atomic E-state index is 0.196. The van der Waals surface area contributed by atoms with Crippen LogP contribution in [-0.4, -0.2) is 56.7 Å². The molecular weight excluding hydrogens is 488 g/mol. The van der Waals surface area contributed by atoms with E-state index in [1.165, 1.54) is 5.56 Å². The summed E-state index contributed by atoms with van der Waals surface area (Å²) in [5.41, 5.74) is 3.59. The number of nitrogens with zero attached hydrogens (tertiary/aromatic N) is 3. The minimum Gasteiger partial charge on any atom is -0.385 e. The number of aliphatic hydroxyl groups is 1. The van der Waals surface area contributed by atoms with Crippen LogP contribution in [-0.2, 0) is 28.3 Å². The Balaban J connectivity index is 1.12. The van der Waals surface area contributed by atoms with Crippen LogP contribution >= 0.6 is 11.3 Å². The van der Waals surface area contributed by atoms with Gasteiger partial charge in [0.1, 0.15) is 11.0 Å². The van der Waals surface area contributed by atoms with Crippen LogP contribution in [0.3, 0.4) is 0 Å². The molecule has 3 aromatic rings. The van der Waals surface area contributed by atoms with Crippen LogP contribution in [0.4, 0.5) is 0 Å². The number of carbonyl (C=O) groups is 3. The lowest BCUT2D eigenvalue weighted by molar-refractivity contribution is -0.136. The summed E-state index contributed by atoms with van der Waals surface area (Å²) >= 11 is 1.63. The van der Waals surface area contributed by atoms with Gasteiger partial charge in [0.2, 0.25) is 11.8 Å². The van der Waals surface area contributed by atoms with Crippen LogP contribution in [0, 0.1) is 0 Å². The largest absolute Gasteiger partial charge is 0.385 e. The number of likely N-dealkylation sites (tertiary alicyclic amines) is 1. The molecule has 0 aliphatic carbocycles. The molecule has 1 aromatic heterocycles. The molecular formula is C28H28N4O4S. The van der Waals surface area contributed by atoms with Crippen LogP contribution in [0.25, 0.3) is 10.6 Å². The summed E-state index contributed by atoms with van der Waals surface area (Å²) in [5, 5.41) is 16.9. The third kappa shape index (κ3) is 4.58. The number of carbonyl (C=O) groups excluding carboxylic acids is 3. The Morgan fingerprint density at radius 1 is 1.11 bits per heavy atom. The molecule has 2 N–H and O–H groups in total. The number of benzene rings is 2. The number of fused-ring (bicyclic) bond motifs is 1. The van der Waals surface area contributed by atoms with Crippen molar-refractivity contribution in [3.05, 3.63) is 76.3 Å². The van der Waals surface area contributed by atoms with E-state index in [-0.39, 0.29) is 18.2 Å². The first kappa shape index (κ1) is 24.0. The van der Waals surface area contributed by atoms with E-state index in [0.29, 0.717) is 31.4 Å². The summed E-state index contributed by atoms with van der Waals surface area (Å²) in [5.74, 6) is -0.910. The lowest BCUT2D eigenvalue weighted by atomic mass is 9.83. The maximum Gasteiger partial charge on any atom is 0.255 e. The number of aromatic nitrogens is 1. The molecule has 6 rings (SSSR count). The Hall–Kier alpha value is -3.40. The molecule has 0 radical (unpaired) electrons. The first-order valence-electron chi connectivity index (χ1n) is 12.6. The van der Waals surface area contributed by atoms with Gasteiger partial charge in [-0.3, -0.25) is 24.6 Å². The van der Waals surface area contributed by atoms with E-state index >= 15 is 0 Å². The zero-order chi connectivity index (χ0) is 25.6. The van der Waals surface area contributed by atoms with Crippen molar-refractivity contribution in [3.63, 3.8) is 0 Å². The lowest BCUT2D eigenvalue weighted by Gasteiger charge is -2.38. The van der Waals surface area contributed by atoms with Crippen molar-refractivity contribution in [1.82, 2.24) is 20.1 Å². The Bertz CT molecular complexity index is 1360. The number of rotatable bonds is 5. The summed E-state index contributed by atoms with van der Waals surface area (Å²) in [6.45, 7) is 2.65. The fourth-order valence-corrected chi connectivity index (χ4v) is 6.30. The van der Waals surface area contributed by atoms with Gasteiger partial charge in [0, 0.05) is 55.3 Å². The van der Waals surface area contributed by atoms with Crippen molar-refractivity contribution in [3.8, 4) is 10.6 Å². The smallest absolute Gasteiger partial charge is 0.255 e. The zero-order valence-electron chi connectivity index (χ0n) is 20.4. The summed E-state index contributed by atoms with van der Waals surface area (Å²) < 4.78 is 0. The second kappa shape index (κ2) is 9.48. The fraction of sp³-hybridized carbons (Fsp3) is 0.357. The summed E-state index contributed by atoms with van der Waals surface area (Å²) in [7, 11) is 0. The average Bonchev–Trinajstić information content (AvgIpc) is 3.54. The van der Waals surface area contributed by atoms with Gasteiger partial charge in [0.15, 0.2) is 0 Å². The zero-order valence-corrected chi connectivity index (χ0v) is 21.2. The Morgan fingerprint density at radius 2 is 1.95 bits per heavy atom. The van der Waals surface area contributed by atoms with Gasteiger partial charge in [-0.25, -0.2) is 4.98 Å².